The molecular weight excluding hydrogens is 464 g/mol. The molecule has 2 aliphatic rings. The molecule has 0 radical (unpaired) electrons. The average Bonchev–Trinajstić information content (AvgIpc) is 3.47. The number of carbonyl (C=O) groups is 2. The van der Waals surface area contributed by atoms with Crippen LogP contribution in [0.3, 0.4) is 0 Å². The number of thiophene rings is 1. The number of rotatable bonds is 10. The molecule has 0 bridgehead atoms. The van der Waals surface area contributed by atoms with E-state index < -0.39 is 0 Å². The van der Waals surface area contributed by atoms with Crippen molar-refractivity contribution < 1.29 is 19.1 Å². The number of nitrogens with one attached hydrogen (secondary N) is 1. The summed E-state index contributed by atoms with van der Waals surface area (Å²) in [5.41, 5.74) is 1.88. The summed E-state index contributed by atoms with van der Waals surface area (Å²) < 4.78 is 14.0. The molecule has 2 fully saturated rings. The summed E-state index contributed by atoms with van der Waals surface area (Å²) >= 11 is 1.68. The summed E-state index contributed by atoms with van der Waals surface area (Å²) in [6, 6.07) is 4.15. The minimum Gasteiger partial charge on any atom is -0.385 e. The number of piperidine rings is 1. The molecule has 0 aromatic carbocycles. The highest BCUT2D eigenvalue weighted by molar-refractivity contribution is 7.17. The van der Waals surface area contributed by atoms with Crippen LogP contribution in [0.4, 0.5) is 0 Å². The average molecular weight is 505 g/mol. The first-order valence-corrected chi connectivity index (χ1v) is 13.8. The van der Waals surface area contributed by atoms with E-state index >= 15 is 0 Å². The van der Waals surface area contributed by atoms with E-state index in [9.17, 15) is 9.59 Å². The lowest BCUT2D eigenvalue weighted by Gasteiger charge is -2.40. The zero-order chi connectivity index (χ0) is 24.8. The summed E-state index contributed by atoms with van der Waals surface area (Å²) in [4.78, 5) is 31.2. The molecule has 2 aromatic heterocycles. The van der Waals surface area contributed by atoms with Crippen molar-refractivity contribution in [2.24, 2.45) is 11.8 Å². The topological polar surface area (TPSA) is 76.0 Å². The van der Waals surface area contributed by atoms with Crippen molar-refractivity contribution in [2.75, 3.05) is 59.7 Å². The number of amides is 2. The van der Waals surface area contributed by atoms with Crippen LogP contribution in [0.15, 0.2) is 17.5 Å². The Morgan fingerprint density at radius 1 is 1.26 bits per heavy atom. The Hall–Kier alpha value is -1.94. The molecule has 2 amide bonds. The molecule has 194 valence electrons. The van der Waals surface area contributed by atoms with Gasteiger partial charge in [0.15, 0.2) is 0 Å². The Balaban J connectivity index is 1.54. The molecule has 4 heterocycles. The fraction of sp³-hybridized carbons (Fsp3) is 0.692. The normalized spacial score (nSPS) is 21.1. The van der Waals surface area contributed by atoms with Crippen LogP contribution >= 0.6 is 11.3 Å². The van der Waals surface area contributed by atoms with Gasteiger partial charge in [-0.3, -0.25) is 9.59 Å². The molecule has 35 heavy (non-hydrogen) atoms. The number of carbonyl (C=O) groups excluding carboxylic acids is 2. The maximum Gasteiger partial charge on any atom is 0.270 e. The lowest BCUT2D eigenvalue weighted by atomic mass is 9.92. The molecule has 2 atom stereocenters. The number of aromatic nitrogens is 1. The molecule has 2 aromatic rings. The van der Waals surface area contributed by atoms with Gasteiger partial charge in [0, 0.05) is 59.0 Å². The lowest BCUT2D eigenvalue weighted by Crippen LogP contribution is -2.56. The molecular formula is C26H40N4O4S. The van der Waals surface area contributed by atoms with E-state index in [1.807, 2.05) is 9.80 Å². The Labute approximate surface area is 212 Å². The van der Waals surface area contributed by atoms with Crippen molar-refractivity contribution in [3.8, 4) is 0 Å². The second-order valence-corrected chi connectivity index (χ2v) is 11.0. The van der Waals surface area contributed by atoms with E-state index in [2.05, 4.69) is 41.2 Å². The van der Waals surface area contributed by atoms with Gasteiger partial charge in [0.25, 0.3) is 5.91 Å². The van der Waals surface area contributed by atoms with Crippen molar-refractivity contribution in [1.29, 1.82) is 0 Å². The Kier molecular flexibility index (Phi) is 9.21. The monoisotopic (exact) mass is 504 g/mol. The fourth-order valence-electron chi connectivity index (χ4n) is 5.24. The highest BCUT2D eigenvalue weighted by Gasteiger charge is 2.36. The van der Waals surface area contributed by atoms with Gasteiger partial charge >= 0.3 is 0 Å². The number of hydrogen-bond donors (Lipinski definition) is 1. The number of morpholine rings is 1. The van der Waals surface area contributed by atoms with Crippen molar-refractivity contribution in [1.82, 2.24) is 19.7 Å². The lowest BCUT2D eigenvalue weighted by molar-refractivity contribution is -0.140. The molecule has 4 rings (SSSR count). The number of unbranched alkanes of at least 4 members (excludes halogenated alkanes) is 1. The van der Waals surface area contributed by atoms with Gasteiger partial charge in [-0.2, -0.15) is 0 Å². The number of aryl methyl sites for hydroxylation is 1. The predicted molar refractivity (Wildman–Crippen MR) is 139 cm³/mol. The van der Waals surface area contributed by atoms with Crippen molar-refractivity contribution in [3.05, 3.63) is 23.2 Å². The molecule has 9 heteroatoms. The third kappa shape index (κ3) is 6.25. The van der Waals surface area contributed by atoms with Gasteiger partial charge in [0.2, 0.25) is 5.91 Å². The first kappa shape index (κ1) is 26.1. The van der Waals surface area contributed by atoms with E-state index in [-0.39, 0.29) is 23.8 Å². The SMILES string of the molecule is COCCCCn1c(C(=O)N(CC(C)C)[C@@H]2CNC[C@H](C(=O)N3CCOCC3)C2)cc2sccc21. The maximum absolute atomic E-state index is 14.1. The first-order valence-electron chi connectivity index (χ1n) is 12.9. The van der Waals surface area contributed by atoms with Crippen LogP contribution in [-0.4, -0.2) is 91.9 Å². The largest absolute Gasteiger partial charge is 0.385 e. The zero-order valence-corrected chi connectivity index (χ0v) is 22.1. The van der Waals surface area contributed by atoms with Gasteiger partial charge in [0.1, 0.15) is 5.69 Å². The molecule has 2 saturated heterocycles. The van der Waals surface area contributed by atoms with E-state index in [0.717, 1.165) is 41.9 Å². The molecule has 0 spiro atoms. The molecule has 8 nitrogen and oxygen atoms in total. The van der Waals surface area contributed by atoms with Gasteiger partial charge in [-0.15, -0.1) is 11.3 Å². The quantitative estimate of drug-likeness (QED) is 0.504. The number of nitrogens with zero attached hydrogens (tertiary/aromatic N) is 3. The maximum atomic E-state index is 14.1. The second-order valence-electron chi connectivity index (χ2n) is 10.1. The summed E-state index contributed by atoms with van der Waals surface area (Å²) in [6.45, 7) is 10.4. The standard InChI is InChI=1S/C26H40N4O4S/c1-19(2)18-30(21-14-20(16-27-17-21)25(31)28-8-11-34-12-9-28)26(32)23-15-24-22(6-13-35-24)29(23)7-4-5-10-33-3/h6,13,15,19-21,27H,4-5,7-12,14,16-18H2,1-3H3/t20-,21+/m1/s1. The van der Waals surface area contributed by atoms with E-state index in [1.54, 1.807) is 18.4 Å². The number of ether oxygens (including phenoxy) is 2. The van der Waals surface area contributed by atoms with Gasteiger partial charge in [-0.05, 0) is 42.7 Å². The Bertz CT molecular complexity index is 981. The van der Waals surface area contributed by atoms with Crippen LogP contribution < -0.4 is 5.32 Å². The van der Waals surface area contributed by atoms with Crippen LogP contribution in [0.2, 0.25) is 0 Å². The highest BCUT2D eigenvalue weighted by atomic mass is 32.1. The fourth-order valence-corrected chi connectivity index (χ4v) is 6.06. The predicted octanol–water partition coefficient (Wildman–Crippen LogP) is 3.06. The van der Waals surface area contributed by atoms with Crippen molar-refractivity contribution in [3.63, 3.8) is 0 Å². The van der Waals surface area contributed by atoms with Crippen LogP contribution in [0.1, 0.15) is 43.6 Å². The molecule has 0 aliphatic carbocycles. The third-order valence-electron chi connectivity index (χ3n) is 6.98. The van der Waals surface area contributed by atoms with E-state index in [4.69, 9.17) is 9.47 Å². The van der Waals surface area contributed by atoms with Gasteiger partial charge in [-0.1, -0.05) is 13.8 Å². The Morgan fingerprint density at radius 2 is 2.06 bits per heavy atom. The van der Waals surface area contributed by atoms with Crippen molar-refractivity contribution in [2.45, 2.75) is 45.7 Å². The third-order valence-corrected chi connectivity index (χ3v) is 7.84. The van der Waals surface area contributed by atoms with E-state index in [1.165, 1.54) is 0 Å². The van der Waals surface area contributed by atoms with Gasteiger partial charge < -0.3 is 29.2 Å². The van der Waals surface area contributed by atoms with Gasteiger partial charge in [0.05, 0.1) is 29.3 Å². The van der Waals surface area contributed by atoms with Crippen LogP contribution in [0.25, 0.3) is 10.2 Å². The number of fused-ring (bicyclic) bond motifs is 1. The van der Waals surface area contributed by atoms with Crippen LogP contribution in [-0.2, 0) is 20.8 Å². The number of hydrogen-bond acceptors (Lipinski definition) is 6. The molecule has 0 unspecified atom stereocenters. The minimum atomic E-state index is -0.112. The van der Waals surface area contributed by atoms with Gasteiger partial charge in [-0.25, -0.2) is 0 Å². The minimum absolute atomic E-state index is 0.0106. The summed E-state index contributed by atoms with van der Waals surface area (Å²) in [5.74, 6) is 0.476. The van der Waals surface area contributed by atoms with E-state index in [0.29, 0.717) is 58.3 Å². The second kappa shape index (κ2) is 12.3. The van der Waals surface area contributed by atoms with Crippen LogP contribution in [0.5, 0.6) is 0 Å². The summed E-state index contributed by atoms with van der Waals surface area (Å²) in [6.07, 6.45) is 2.62. The first-order chi connectivity index (χ1) is 17.0. The summed E-state index contributed by atoms with van der Waals surface area (Å²) in [5, 5.41) is 5.54. The zero-order valence-electron chi connectivity index (χ0n) is 21.3. The van der Waals surface area contributed by atoms with Crippen molar-refractivity contribution >= 4 is 33.4 Å². The summed E-state index contributed by atoms with van der Waals surface area (Å²) in [7, 11) is 1.72. The number of methoxy groups -OCH3 is 1. The highest BCUT2D eigenvalue weighted by Crippen LogP contribution is 2.29. The smallest absolute Gasteiger partial charge is 0.270 e. The molecule has 0 saturated carbocycles. The molecule has 1 N–H and O–H groups in total. The Morgan fingerprint density at radius 3 is 2.80 bits per heavy atom. The molecule has 2 aliphatic heterocycles. The van der Waals surface area contributed by atoms with Crippen LogP contribution in [0, 0.1) is 11.8 Å².